The van der Waals surface area contributed by atoms with Crippen molar-refractivity contribution in [1.29, 1.82) is 0 Å². The number of nitrogens with zero attached hydrogens (tertiary/aromatic N) is 3. The molecule has 0 bridgehead atoms. The maximum atomic E-state index is 12.6. The molecule has 8 heteroatoms. The summed E-state index contributed by atoms with van der Waals surface area (Å²) in [7, 11) is 1.64. The molecule has 1 fully saturated rings. The fraction of sp³-hybridized carbons (Fsp3) is 0.391. The lowest BCUT2D eigenvalue weighted by atomic mass is 9.97. The minimum atomic E-state index is -0.525. The maximum Gasteiger partial charge on any atom is 0.410 e. The Kier molecular flexibility index (Phi) is 7.59. The fourth-order valence-electron chi connectivity index (χ4n) is 3.04. The highest BCUT2D eigenvalue weighted by molar-refractivity contribution is 6.01. The van der Waals surface area contributed by atoms with Crippen LogP contribution in [0.4, 0.5) is 4.79 Å². The zero-order chi connectivity index (χ0) is 23.2. The Bertz CT molecular complexity index is 951. The van der Waals surface area contributed by atoms with E-state index in [9.17, 15) is 14.4 Å². The number of ether oxygens (including phenoxy) is 1. The number of terminal acetylenes is 1. The highest BCUT2D eigenvalue weighted by atomic mass is 16.6. The first kappa shape index (κ1) is 23.7. The van der Waals surface area contributed by atoms with E-state index in [1.165, 1.54) is 4.90 Å². The average molecular weight is 425 g/mol. The van der Waals surface area contributed by atoms with Gasteiger partial charge in [-0.1, -0.05) is 23.4 Å². The number of carbonyl (C=O) groups excluding carboxylic acids is 3. The lowest BCUT2D eigenvalue weighted by molar-refractivity contribution is 0.00762. The highest BCUT2D eigenvalue weighted by Gasteiger charge is 2.36. The normalized spacial score (nSPS) is 13.4. The van der Waals surface area contributed by atoms with Crippen molar-refractivity contribution in [2.24, 2.45) is 0 Å². The Labute approximate surface area is 182 Å². The maximum absolute atomic E-state index is 12.6. The van der Waals surface area contributed by atoms with Crippen LogP contribution in [0.5, 0.6) is 0 Å². The van der Waals surface area contributed by atoms with Crippen molar-refractivity contribution in [3.63, 3.8) is 0 Å². The monoisotopic (exact) mass is 425 g/mol. The van der Waals surface area contributed by atoms with Gasteiger partial charge in [0.15, 0.2) is 12.0 Å². The third-order valence-corrected chi connectivity index (χ3v) is 4.59. The molecule has 1 aromatic carbocycles. The van der Waals surface area contributed by atoms with Crippen LogP contribution < -0.4 is 0 Å². The van der Waals surface area contributed by atoms with Gasteiger partial charge in [-0.15, -0.1) is 12.8 Å². The molecular formula is C23H27N3O5. The quantitative estimate of drug-likeness (QED) is 0.539. The van der Waals surface area contributed by atoms with Gasteiger partial charge in [0, 0.05) is 37.7 Å². The molecule has 2 aromatic rings. The molecule has 0 atom stereocenters. The minimum Gasteiger partial charge on any atom is -0.444 e. The molecule has 1 saturated heterocycles. The Morgan fingerprint density at radius 3 is 2.55 bits per heavy atom. The molecule has 2 amide bonds. The van der Waals surface area contributed by atoms with Gasteiger partial charge >= 0.3 is 6.09 Å². The first-order chi connectivity index (χ1) is 14.7. The number of likely N-dealkylation sites (tertiary alicyclic amines) is 1. The lowest BCUT2D eigenvalue weighted by Crippen LogP contribution is -2.50. The van der Waals surface area contributed by atoms with Crippen molar-refractivity contribution in [3.8, 4) is 12.8 Å². The van der Waals surface area contributed by atoms with Gasteiger partial charge in [0.1, 0.15) is 5.60 Å². The van der Waals surface area contributed by atoms with Crippen molar-refractivity contribution in [2.45, 2.75) is 38.8 Å². The molecule has 0 aliphatic carbocycles. The Morgan fingerprint density at radius 1 is 1.29 bits per heavy atom. The van der Waals surface area contributed by atoms with Crippen LogP contribution in [0.25, 0.3) is 0 Å². The van der Waals surface area contributed by atoms with Crippen molar-refractivity contribution < 1.29 is 23.6 Å². The van der Waals surface area contributed by atoms with Gasteiger partial charge < -0.3 is 19.1 Å². The average Bonchev–Trinajstić information content (AvgIpc) is 3.14. The second kappa shape index (κ2) is 9.94. The largest absolute Gasteiger partial charge is 0.444 e. The Balaban J connectivity index is 0.00000166. The second-order valence-electron chi connectivity index (χ2n) is 8.17. The molecule has 0 N–H and O–H groups in total. The topological polar surface area (TPSA) is 92.9 Å². The number of carbonyl (C=O) groups is 3. The summed E-state index contributed by atoms with van der Waals surface area (Å²) in [6.07, 6.45) is 8.33. The number of amides is 2. The molecule has 3 rings (SSSR count). The molecule has 164 valence electrons. The summed E-state index contributed by atoms with van der Waals surface area (Å²) in [6.45, 7) is 6.75. The molecule has 0 saturated carbocycles. The van der Waals surface area contributed by atoms with E-state index >= 15 is 0 Å². The predicted octanol–water partition coefficient (Wildman–Crippen LogP) is 3.34. The summed E-state index contributed by atoms with van der Waals surface area (Å²) < 4.78 is 10.7. The molecule has 0 radical (unpaired) electrons. The van der Waals surface area contributed by atoms with E-state index in [1.54, 1.807) is 42.3 Å². The summed E-state index contributed by atoms with van der Waals surface area (Å²) in [5.74, 6) is 0.345. The van der Waals surface area contributed by atoms with Gasteiger partial charge in [-0.25, -0.2) is 4.79 Å². The van der Waals surface area contributed by atoms with Gasteiger partial charge in [-0.2, -0.15) is 0 Å². The predicted molar refractivity (Wildman–Crippen MR) is 115 cm³/mol. The van der Waals surface area contributed by atoms with Gasteiger partial charge in [-0.3, -0.25) is 9.59 Å². The van der Waals surface area contributed by atoms with Crippen molar-refractivity contribution in [3.05, 3.63) is 52.9 Å². The number of benzene rings is 1. The molecule has 31 heavy (non-hydrogen) atoms. The summed E-state index contributed by atoms with van der Waals surface area (Å²) in [5, 5.41) is 4.08. The van der Waals surface area contributed by atoms with Crippen molar-refractivity contribution in [1.82, 2.24) is 15.0 Å². The summed E-state index contributed by atoms with van der Waals surface area (Å²) >= 11 is 0. The first-order valence-electron chi connectivity index (χ1n) is 9.74. The highest BCUT2D eigenvalue weighted by Crippen LogP contribution is 2.28. The van der Waals surface area contributed by atoms with E-state index in [2.05, 4.69) is 18.0 Å². The Morgan fingerprint density at radius 2 is 1.94 bits per heavy atom. The molecule has 8 nitrogen and oxygen atoms in total. The standard InChI is InChI=1S/C21H25N3O5.C2H2/c1-21(2,3)28-20(27)24-10-15(11-24)18-9-16(29-22-18)12-23(4)19(26)17-8-6-5-7-14(17)13-25;1-2/h5-9,13,15H,10-12H2,1-4H3;1-2H. The summed E-state index contributed by atoms with van der Waals surface area (Å²) in [5.41, 5.74) is 0.910. The summed E-state index contributed by atoms with van der Waals surface area (Å²) in [4.78, 5) is 38.9. The third-order valence-electron chi connectivity index (χ3n) is 4.59. The molecule has 2 heterocycles. The van der Waals surface area contributed by atoms with Crippen LogP contribution in [-0.4, -0.2) is 59.0 Å². The van der Waals surface area contributed by atoms with Crippen molar-refractivity contribution >= 4 is 18.3 Å². The molecule has 0 spiro atoms. The number of hydrogen-bond acceptors (Lipinski definition) is 6. The third kappa shape index (κ3) is 5.95. The smallest absolute Gasteiger partial charge is 0.410 e. The number of aldehydes is 1. The Hall–Kier alpha value is -3.60. The van der Waals surface area contributed by atoms with E-state index in [0.717, 1.165) is 5.69 Å². The zero-order valence-electron chi connectivity index (χ0n) is 18.2. The fourth-order valence-corrected chi connectivity index (χ4v) is 3.04. The van der Waals surface area contributed by atoms with Crippen LogP contribution in [0.2, 0.25) is 0 Å². The molecule has 1 aromatic heterocycles. The van der Waals surface area contributed by atoms with Gasteiger partial charge in [-0.05, 0) is 26.8 Å². The van der Waals surface area contributed by atoms with Gasteiger partial charge in [0.2, 0.25) is 0 Å². The van der Waals surface area contributed by atoms with Crippen LogP contribution in [0.1, 0.15) is 58.9 Å². The van der Waals surface area contributed by atoms with E-state index in [4.69, 9.17) is 9.26 Å². The minimum absolute atomic E-state index is 0.0804. The molecular weight excluding hydrogens is 398 g/mol. The second-order valence-corrected chi connectivity index (χ2v) is 8.17. The van der Waals surface area contributed by atoms with E-state index in [-0.39, 0.29) is 24.5 Å². The van der Waals surface area contributed by atoms with Crippen LogP contribution >= 0.6 is 0 Å². The molecule has 1 aliphatic rings. The van der Waals surface area contributed by atoms with Crippen molar-refractivity contribution in [2.75, 3.05) is 20.1 Å². The lowest BCUT2D eigenvalue weighted by Gasteiger charge is -2.38. The van der Waals surface area contributed by atoms with Crippen LogP contribution in [-0.2, 0) is 11.3 Å². The van der Waals surface area contributed by atoms with Crippen LogP contribution in [0, 0.1) is 12.8 Å². The van der Waals surface area contributed by atoms with E-state index < -0.39 is 5.60 Å². The van der Waals surface area contributed by atoms with Gasteiger partial charge in [0.05, 0.1) is 17.8 Å². The number of hydrogen-bond donors (Lipinski definition) is 0. The van der Waals surface area contributed by atoms with E-state index in [1.807, 2.05) is 20.8 Å². The first-order valence-corrected chi connectivity index (χ1v) is 9.74. The molecule has 1 aliphatic heterocycles. The van der Waals surface area contributed by atoms with Crippen LogP contribution in [0.15, 0.2) is 34.9 Å². The van der Waals surface area contributed by atoms with E-state index in [0.29, 0.717) is 36.3 Å². The molecule has 0 unspecified atom stereocenters. The number of aromatic nitrogens is 1. The SMILES string of the molecule is C#C.CN(Cc1cc(C2CN(C(=O)OC(C)(C)C)C2)no1)C(=O)c1ccccc1C=O. The summed E-state index contributed by atoms with van der Waals surface area (Å²) in [6, 6.07) is 8.45. The zero-order valence-corrected chi connectivity index (χ0v) is 18.2. The van der Waals surface area contributed by atoms with Crippen LogP contribution in [0.3, 0.4) is 0 Å². The number of rotatable bonds is 5. The van der Waals surface area contributed by atoms with Gasteiger partial charge in [0.25, 0.3) is 5.91 Å².